The van der Waals surface area contributed by atoms with Gasteiger partial charge in [0.2, 0.25) is 27.7 Å². The van der Waals surface area contributed by atoms with Crippen molar-refractivity contribution in [2.45, 2.75) is 93.2 Å². The van der Waals surface area contributed by atoms with Gasteiger partial charge >= 0.3 is 0 Å². The van der Waals surface area contributed by atoms with Gasteiger partial charge in [0.25, 0.3) is 11.8 Å². The average molecular weight is 819 g/mol. The second-order valence-corrected chi connectivity index (χ2v) is 18.7. The molecule has 300 valence electrons. The highest BCUT2D eigenvalue weighted by molar-refractivity contribution is 7.91. The van der Waals surface area contributed by atoms with Crippen molar-refractivity contribution in [2.24, 2.45) is 5.92 Å². The second-order valence-electron chi connectivity index (χ2n) is 15.6. The molecule has 2 aromatic heterocycles. The summed E-state index contributed by atoms with van der Waals surface area (Å²) in [5.41, 5.74) is 0.440. The molecule has 3 fully saturated rings. The zero-order valence-electron chi connectivity index (χ0n) is 31.5. The predicted octanol–water partition coefficient (Wildman–Crippen LogP) is 4.53. The molecule has 2 aromatic carbocycles. The lowest BCUT2D eigenvalue weighted by molar-refractivity contribution is -0.141. The standard InChI is InChI=1S/C40H43FN6O8S2/c1-39(14-15-39)57(52,53)46-38(51)40-19-23(40)8-6-4-3-5-7-9-30(43-35(49)33-20-42-22-56-33)37(50)47-21-26(18-32(47)34(48)45-40)55-36-28-12-10-24(41)16-29(28)27-13-11-25(54-2)17-31(27)44-36/h6,8,10-13,16-17,20,22-23,26,30,32H,3-5,7,9,14-15,18-19,21H2,1-2H3,(H,43,49)(H,45,48)(H,46,51)/b8-6-/t23-,26-,30+,32+,40-/m1/s1. The van der Waals surface area contributed by atoms with E-state index in [2.05, 4.69) is 20.3 Å². The first-order valence-electron chi connectivity index (χ1n) is 19.1. The number of rotatable bonds is 8. The predicted molar refractivity (Wildman–Crippen MR) is 210 cm³/mol. The third kappa shape index (κ3) is 7.54. The number of sulfonamides is 1. The van der Waals surface area contributed by atoms with Gasteiger partial charge < -0.3 is 25.0 Å². The average Bonchev–Trinajstić information content (AvgIpc) is 3.93. The lowest BCUT2D eigenvalue weighted by atomic mass is 10.0. The molecule has 0 unspecified atom stereocenters. The van der Waals surface area contributed by atoms with E-state index < -0.39 is 73.9 Å². The molecule has 4 amide bonds. The zero-order chi connectivity index (χ0) is 40.1. The van der Waals surface area contributed by atoms with E-state index in [1.54, 1.807) is 31.2 Å². The van der Waals surface area contributed by atoms with Gasteiger partial charge in [0.05, 0.1) is 35.6 Å². The maximum atomic E-state index is 14.6. The molecular weight excluding hydrogens is 776 g/mol. The summed E-state index contributed by atoms with van der Waals surface area (Å²) in [5.74, 6) is -2.71. The Morgan fingerprint density at radius 1 is 1.07 bits per heavy atom. The molecule has 0 bridgehead atoms. The molecule has 4 heterocycles. The lowest BCUT2D eigenvalue weighted by Gasteiger charge is -2.30. The number of hydrogen-bond acceptors (Lipinski definition) is 11. The zero-order valence-corrected chi connectivity index (χ0v) is 33.1. The van der Waals surface area contributed by atoms with E-state index in [1.165, 1.54) is 35.8 Å². The van der Waals surface area contributed by atoms with E-state index in [0.717, 1.165) is 24.2 Å². The quantitative estimate of drug-likeness (QED) is 0.169. The van der Waals surface area contributed by atoms with Crippen molar-refractivity contribution in [2.75, 3.05) is 13.7 Å². The maximum absolute atomic E-state index is 14.6. The number of thiazole rings is 1. The van der Waals surface area contributed by atoms with Crippen LogP contribution in [0, 0.1) is 11.7 Å². The summed E-state index contributed by atoms with van der Waals surface area (Å²) < 4.78 is 54.1. The van der Waals surface area contributed by atoms with Crippen molar-refractivity contribution in [3.8, 4) is 11.6 Å². The second kappa shape index (κ2) is 15.0. The first kappa shape index (κ1) is 38.7. The van der Waals surface area contributed by atoms with Crippen molar-refractivity contribution in [1.82, 2.24) is 30.2 Å². The van der Waals surface area contributed by atoms with Crippen LogP contribution in [0.4, 0.5) is 4.39 Å². The van der Waals surface area contributed by atoms with Gasteiger partial charge in [0.1, 0.15) is 40.2 Å². The van der Waals surface area contributed by atoms with Gasteiger partial charge in [-0.05, 0) is 81.2 Å². The first-order chi connectivity index (χ1) is 27.3. The topological polar surface area (TPSA) is 186 Å². The number of fused-ring (bicyclic) bond motifs is 5. The molecule has 8 rings (SSSR count). The number of nitrogens with one attached hydrogen (secondary N) is 3. The van der Waals surface area contributed by atoms with Crippen LogP contribution < -0.4 is 24.8 Å². The Morgan fingerprint density at radius 3 is 2.63 bits per heavy atom. The number of pyridine rings is 1. The maximum Gasteiger partial charge on any atom is 0.263 e. The normalized spacial score (nSPS) is 26.6. The number of ether oxygens (including phenoxy) is 2. The molecule has 0 radical (unpaired) electrons. The Kier molecular flexibility index (Phi) is 10.2. The van der Waals surface area contributed by atoms with E-state index in [1.807, 2.05) is 12.2 Å². The minimum absolute atomic E-state index is 0.0256. The van der Waals surface area contributed by atoms with E-state index in [9.17, 15) is 32.0 Å². The van der Waals surface area contributed by atoms with Crippen molar-refractivity contribution in [3.05, 3.63) is 71.0 Å². The van der Waals surface area contributed by atoms with Crippen molar-refractivity contribution in [1.29, 1.82) is 0 Å². The number of benzene rings is 2. The molecule has 57 heavy (non-hydrogen) atoms. The number of nitrogens with zero attached hydrogens (tertiary/aromatic N) is 3. The number of methoxy groups -OCH3 is 1. The van der Waals surface area contributed by atoms with Crippen LogP contribution in [0.2, 0.25) is 0 Å². The molecule has 5 atom stereocenters. The minimum atomic E-state index is -4.02. The van der Waals surface area contributed by atoms with Crippen LogP contribution in [0.1, 0.15) is 74.4 Å². The van der Waals surface area contributed by atoms with Gasteiger partial charge in [-0.15, -0.1) is 11.3 Å². The van der Waals surface area contributed by atoms with Gasteiger partial charge in [0.15, 0.2) is 0 Å². The monoisotopic (exact) mass is 818 g/mol. The number of aromatic nitrogens is 2. The van der Waals surface area contributed by atoms with Crippen LogP contribution >= 0.6 is 11.3 Å². The number of carbonyl (C=O) groups is 4. The largest absolute Gasteiger partial charge is 0.497 e. The summed E-state index contributed by atoms with van der Waals surface area (Å²) >= 11 is 1.13. The number of carbonyl (C=O) groups excluding carboxylic acids is 4. The van der Waals surface area contributed by atoms with E-state index in [4.69, 9.17) is 14.5 Å². The highest BCUT2D eigenvalue weighted by atomic mass is 32.2. The molecule has 17 heteroatoms. The van der Waals surface area contributed by atoms with Crippen molar-refractivity contribution >= 4 is 66.7 Å². The minimum Gasteiger partial charge on any atom is -0.497 e. The highest BCUT2D eigenvalue weighted by Gasteiger charge is 2.63. The lowest BCUT2D eigenvalue weighted by Crippen LogP contribution is -2.58. The third-order valence-corrected chi connectivity index (χ3v) is 14.6. The summed E-state index contributed by atoms with van der Waals surface area (Å²) in [6.07, 6.45) is 8.49. The summed E-state index contributed by atoms with van der Waals surface area (Å²) in [6.45, 7) is 1.49. The van der Waals surface area contributed by atoms with E-state index in [-0.39, 0.29) is 25.3 Å². The summed E-state index contributed by atoms with van der Waals surface area (Å²) in [7, 11) is -2.50. The molecule has 1 saturated heterocycles. The van der Waals surface area contributed by atoms with Crippen LogP contribution in [0.25, 0.3) is 21.7 Å². The summed E-state index contributed by atoms with van der Waals surface area (Å²) in [5, 5.41) is 7.47. The van der Waals surface area contributed by atoms with E-state index >= 15 is 0 Å². The molecule has 2 saturated carbocycles. The summed E-state index contributed by atoms with van der Waals surface area (Å²) in [4.78, 5) is 66.8. The van der Waals surface area contributed by atoms with Gasteiger partial charge in [-0.2, -0.15) is 0 Å². The van der Waals surface area contributed by atoms with Crippen LogP contribution in [-0.2, 0) is 24.4 Å². The number of hydrogen-bond donors (Lipinski definition) is 3. The Labute approximate surface area is 332 Å². The molecule has 2 aliphatic heterocycles. The third-order valence-electron chi connectivity index (χ3n) is 11.6. The highest BCUT2D eigenvalue weighted by Crippen LogP contribution is 2.47. The fourth-order valence-electron chi connectivity index (χ4n) is 7.81. The Morgan fingerprint density at radius 2 is 1.88 bits per heavy atom. The summed E-state index contributed by atoms with van der Waals surface area (Å²) in [6, 6.07) is 7.31. The SMILES string of the molecule is COc1ccc2c(c1)nc(O[C@@H]1C[C@H]3C(=O)N[C@]4(C(=O)NS(=O)(=O)C5(C)CC5)C[C@H]4/C=C\CCCCC[C@H](NC(=O)c4cncs4)C(=O)N3C1)c1ccc(F)cc12. The Balaban J connectivity index is 1.14. The number of amides is 4. The van der Waals surface area contributed by atoms with Crippen molar-refractivity contribution < 1.29 is 41.5 Å². The van der Waals surface area contributed by atoms with Crippen molar-refractivity contribution in [3.63, 3.8) is 0 Å². The fourth-order valence-corrected chi connectivity index (χ4v) is 9.64. The molecule has 14 nitrogen and oxygen atoms in total. The molecule has 4 aliphatic rings. The van der Waals surface area contributed by atoms with Gasteiger partial charge in [0, 0.05) is 29.2 Å². The van der Waals surface area contributed by atoms with E-state index in [0.29, 0.717) is 64.4 Å². The number of halogens is 1. The van der Waals surface area contributed by atoms with Gasteiger partial charge in [-0.1, -0.05) is 25.0 Å². The van der Waals surface area contributed by atoms with Gasteiger partial charge in [-0.25, -0.2) is 17.8 Å². The molecule has 0 spiro atoms. The van der Waals surface area contributed by atoms with Crippen LogP contribution in [-0.4, -0.2) is 89.0 Å². The smallest absolute Gasteiger partial charge is 0.263 e. The molecule has 3 N–H and O–H groups in total. The fraction of sp³-hybridized carbons (Fsp3) is 0.450. The Hall–Kier alpha value is -5.16. The molecular formula is C40H43FN6O8S2. The van der Waals surface area contributed by atoms with Crippen LogP contribution in [0.3, 0.4) is 0 Å². The van der Waals surface area contributed by atoms with Crippen LogP contribution in [0.5, 0.6) is 11.6 Å². The molecule has 4 aromatic rings. The van der Waals surface area contributed by atoms with Crippen LogP contribution in [0.15, 0.2) is 60.3 Å². The molecule has 2 aliphatic carbocycles. The first-order valence-corrected chi connectivity index (χ1v) is 21.5. The van der Waals surface area contributed by atoms with Gasteiger partial charge in [-0.3, -0.25) is 28.9 Å². The number of allylic oxidation sites excluding steroid dienone is 1. The Bertz CT molecular complexity index is 2410.